The van der Waals surface area contributed by atoms with Crippen molar-refractivity contribution in [2.75, 3.05) is 0 Å². The second kappa shape index (κ2) is 6.47. The molecule has 0 heterocycles. The Balaban J connectivity index is 1.98. The summed E-state index contributed by atoms with van der Waals surface area (Å²) in [7, 11) is 0. The highest BCUT2D eigenvalue weighted by Gasteiger charge is 2.02. The van der Waals surface area contributed by atoms with Crippen molar-refractivity contribution in [3.63, 3.8) is 0 Å². The van der Waals surface area contributed by atoms with E-state index in [9.17, 15) is 4.79 Å². The van der Waals surface area contributed by atoms with Crippen LogP contribution in [0, 0.1) is 10.5 Å². The van der Waals surface area contributed by atoms with Crippen LogP contribution in [0.5, 0.6) is 0 Å². The van der Waals surface area contributed by atoms with E-state index < -0.39 is 0 Å². The second-order valence-corrected chi connectivity index (χ2v) is 5.37. The Morgan fingerprint density at radius 3 is 2.63 bits per heavy atom. The summed E-state index contributed by atoms with van der Waals surface area (Å²) in [6, 6.07) is 15.2. The number of hydrazone groups is 1. The van der Waals surface area contributed by atoms with Gasteiger partial charge >= 0.3 is 0 Å². The molecule has 0 saturated carbocycles. The first-order valence-corrected chi connectivity index (χ1v) is 6.89. The predicted molar refractivity (Wildman–Crippen MR) is 85.4 cm³/mol. The number of nitrogens with zero attached hydrogens (tertiary/aromatic N) is 1. The van der Waals surface area contributed by atoms with E-state index >= 15 is 0 Å². The first kappa shape index (κ1) is 13.7. The van der Waals surface area contributed by atoms with Gasteiger partial charge in [0.15, 0.2) is 0 Å². The molecule has 0 aliphatic carbocycles. The molecule has 0 aromatic heterocycles. The largest absolute Gasteiger partial charge is 0.271 e. The molecule has 96 valence electrons. The summed E-state index contributed by atoms with van der Waals surface area (Å²) in [5.74, 6) is -0.207. The molecule has 0 spiro atoms. The molecular weight excluding hydrogens is 351 g/mol. The van der Waals surface area contributed by atoms with Crippen LogP contribution >= 0.6 is 22.6 Å². The van der Waals surface area contributed by atoms with Gasteiger partial charge in [-0.3, -0.25) is 4.79 Å². The monoisotopic (exact) mass is 364 g/mol. The summed E-state index contributed by atoms with van der Waals surface area (Å²) in [5.41, 5.74) is 5.20. The SMILES string of the molecule is Cc1ccc(C(=O)NN=Cc2cccc(I)c2)cc1. The zero-order chi connectivity index (χ0) is 13.7. The van der Waals surface area contributed by atoms with Gasteiger partial charge in [0.05, 0.1) is 6.21 Å². The molecule has 1 amide bonds. The molecular formula is C15H13IN2O. The minimum absolute atomic E-state index is 0.207. The fourth-order valence-electron chi connectivity index (χ4n) is 1.52. The third-order valence-corrected chi connectivity index (χ3v) is 3.21. The molecule has 0 saturated heterocycles. The van der Waals surface area contributed by atoms with Crippen molar-refractivity contribution in [3.8, 4) is 0 Å². The van der Waals surface area contributed by atoms with Crippen LogP contribution in [0.2, 0.25) is 0 Å². The smallest absolute Gasteiger partial charge is 0.267 e. The Labute approximate surface area is 125 Å². The second-order valence-electron chi connectivity index (χ2n) is 4.12. The van der Waals surface area contributed by atoms with Gasteiger partial charge in [-0.15, -0.1) is 0 Å². The normalized spacial score (nSPS) is 10.6. The number of rotatable bonds is 3. The summed E-state index contributed by atoms with van der Waals surface area (Å²) in [4.78, 5) is 11.8. The lowest BCUT2D eigenvalue weighted by Gasteiger charge is -2.00. The van der Waals surface area contributed by atoms with E-state index in [4.69, 9.17) is 0 Å². The van der Waals surface area contributed by atoms with Gasteiger partial charge in [-0.2, -0.15) is 5.10 Å². The van der Waals surface area contributed by atoms with Crippen molar-refractivity contribution < 1.29 is 4.79 Å². The number of aryl methyl sites for hydroxylation is 1. The summed E-state index contributed by atoms with van der Waals surface area (Å²) < 4.78 is 1.13. The maximum atomic E-state index is 11.8. The number of hydrogen-bond donors (Lipinski definition) is 1. The number of carbonyl (C=O) groups is 1. The Morgan fingerprint density at radius 2 is 1.95 bits per heavy atom. The maximum absolute atomic E-state index is 11.8. The van der Waals surface area contributed by atoms with Crippen LogP contribution in [0.4, 0.5) is 0 Å². The van der Waals surface area contributed by atoms with Crippen molar-refractivity contribution >= 4 is 34.7 Å². The molecule has 2 aromatic carbocycles. The highest BCUT2D eigenvalue weighted by molar-refractivity contribution is 14.1. The summed E-state index contributed by atoms with van der Waals surface area (Å²) in [5, 5.41) is 3.95. The lowest BCUT2D eigenvalue weighted by atomic mass is 10.1. The molecule has 19 heavy (non-hydrogen) atoms. The van der Waals surface area contributed by atoms with E-state index in [0.29, 0.717) is 5.56 Å². The third kappa shape index (κ3) is 4.17. The summed E-state index contributed by atoms with van der Waals surface area (Å²) >= 11 is 2.23. The Bertz CT molecular complexity index is 606. The van der Waals surface area contributed by atoms with E-state index in [1.807, 2.05) is 43.3 Å². The van der Waals surface area contributed by atoms with Crippen molar-refractivity contribution in [1.82, 2.24) is 5.43 Å². The average Bonchev–Trinajstić information content (AvgIpc) is 2.39. The fraction of sp³-hybridized carbons (Fsp3) is 0.0667. The summed E-state index contributed by atoms with van der Waals surface area (Å²) in [6.45, 7) is 1.98. The highest BCUT2D eigenvalue weighted by atomic mass is 127. The number of benzene rings is 2. The third-order valence-electron chi connectivity index (χ3n) is 2.54. The summed E-state index contributed by atoms with van der Waals surface area (Å²) in [6.07, 6.45) is 1.63. The van der Waals surface area contributed by atoms with Crippen molar-refractivity contribution in [2.24, 2.45) is 5.10 Å². The molecule has 0 atom stereocenters. The highest BCUT2D eigenvalue weighted by Crippen LogP contribution is 2.06. The topological polar surface area (TPSA) is 41.5 Å². The standard InChI is InChI=1S/C15H13IN2O/c1-11-5-7-13(8-6-11)15(19)18-17-10-12-3-2-4-14(16)9-12/h2-10H,1H3,(H,18,19). The fourth-order valence-corrected chi connectivity index (χ4v) is 2.09. The zero-order valence-electron chi connectivity index (χ0n) is 10.4. The van der Waals surface area contributed by atoms with Gasteiger partial charge in [-0.1, -0.05) is 29.8 Å². The van der Waals surface area contributed by atoms with E-state index in [1.165, 1.54) is 0 Å². The molecule has 4 heteroatoms. The van der Waals surface area contributed by atoms with Gasteiger partial charge in [-0.25, -0.2) is 5.43 Å². The van der Waals surface area contributed by atoms with Crippen LogP contribution in [-0.2, 0) is 0 Å². The Morgan fingerprint density at radius 1 is 1.21 bits per heavy atom. The van der Waals surface area contributed by atoms with Gasteiger partial charge in [-0.05, 0) is 59.3 Å². The van der Waals surface area contributed by atoms with Crippen LogP contribution < -0.4 is 5.43 Å². The van der Waals surface area contributed by atoms with E-state index in [2.05, 4.69) is 33.1 Å². The van der Waals surface area contributed by atoms with Crippen LogP contribution in [0.15, 0.2) is 53.6 Å². The van der Waals surface area contributed by atoms with Crippen LogP contribution in [0.3, 0.4) is 0 Å². The number of carbonyl (C=O) groups excluding carboxylic acids is 1. The van der Waals surface area contributed by atoms with Gasteiger partial charge < -0.3 is 0 Å². The molecule has 0 unspecified atom stereocenters. The molecule has 0 radical (unpaired) electrons. The predicted octanol–water partition coefficient (Wildman–Crippen LogP) is 3.36. The van der Waals surface area contributed by atoms with Crippen LogP contribution in [0.1, 0.15) is 21.5 Å². The number of nitrogens with one attached hydrogen (secondary N) is 1. The Hall–Kier alpha value is -1.69. The molecule has 3 nitrogen and oxygen atoms in total. The van der Waals surface area contributed by atoms with Gasteiger partial charge in [0.2, 0.25) is 0 Å². The van der Waals surface area contributed by atoms with E-state index in [-0.39, 0.29) is 5.91 Å². The molecule has 0 aliphatic heterocycles. The van der Waals surface area contributed by atoms with Crippen molar-refractivity contribution in [3.05, 3.63) is 68.8 Å². The quantitative estimate of drug-likeness (QED) is 0.507. The van der Waals surface area contributed by atoms with Crippen molar-refractivity contribution in [2.45, 2.75) is 6.92 Å². The number of amides is 1. The average molecular weight is 364 g/mol. The lowest BCUT2D eigenvalue weighted by Crippen LogP contribution is -2.17. The van der Waals surface area contributed by atoms with Gasteiger partial charge in [0.1, 0.15) is 0 Å². The van der Waals surface area contributed by atoms with Gasteiger partial charge in [0, 0.05) is 9.13 Å². The van der Waals surface area contributed by atoms with Gasteiger partial charge in [0.25, 0.3) is 5.91 Å². The minimum atomic E-state index is -0.207. The zero-order valence-corrected chi connectivity index (χ0v) is 12.6. The Kier molecular flexibility index (Phi) is 4.68. The number of hydrogen-bond acceptors (Lipinski definition) is 2. The van der Waals surface area contributed by atoms with Crippen molar-refractivity contribution in [1.29, 1.82) is 0 Å². The van der Waals surface area contributed by atoms with Crippen LogP contribution in [-0.4, -0.2) is 12.1 Å². The maximum Gasteiger partial charge on any atom is 0.271 e. The first-order valence-electron chi connectivity index (χ1n) is 5.81. The van der Waals surface area contributed by atoms with E-state index in [0.717, 1.165) is 14.7 Å². The molecule has 2 aromatic rings. The molecule has 0 fully saturated rings. The lowest BCUT2D eigenvalue weighted by molar-refractivity contribution is 0.0955. The van der Waals surface area contributed by atoms with Crippen LogP contribution in [0.25, 0.3) is 0 Å². The number of halogens is 1. The minimum Gasteiger partial charge on any atom is -0.267 e. The molecule has 2 rings (SSSR count). The molecule has 1 N–H and O–H groups in total. The molecule has 0 bridgehead atoms. The first-order chi connectivity index (χ1) is 9.15. The van der Waals surface area contributed by atoms with E-state index in [1.54, 1.807) is 18.3 Å². The molecule has 0 aliphatic rings.